The molecule has 0 unspecified atom stereocenters. The Kier molecular flexibility index (Phi) is 4.41. The van der Waals surface area contributed by atoms with Crippen LogP contribution in [0.5, 0.6) is 0 Å². The van der Waals surface area contributed by atoms with Gasteiger partial charge in [0.05, 0.1) is 11.0 Å². The smallest absolute Gasteiger partial charge is 0.108 e. The number of imidazole rings is 1. The van der Waals surface area contributed by atoms with Crippen LogP contribution in [-0.2, 0) is 11.2 Å². The number of piperidine rings is 1. The van der Waals surface area contributed by atoms with Crippen LogP contribution in [-0.4, -0.2) is 48.2 Å². The summed E-state index contributed by atoms with van der Waals surface area (Å²) in [4.78, 5) is 10.5. The highest BCUT2D eigenvalue weighted by atomic mass is 16.5. The third kappa shape index (κ3) is 3.54. The number of ether oxygens (including phenoxy) is 1. The number of nitrogens with zero attached hydrogens (tertiary/aromatic N) is 2. The van der Waals surface area contributed by atoms with Gasteiger partial charge in [-0.3, -0.25) is 0 Å². The number of likely N-dealkylation sites (tertiary alicyclic amines) is 1. The first-order chi connectivity index (χ1) is 10.2. The van der Waals surface area contributed by atoms with E-state index in [1.54, 1.807) is 7.11 Å². The Balaban J connectivity index is 1.52. The standard InChI is InChI=1S/C16H24N4O/c1-21-11-12-4-7-20(8-5-12)9-6-16-18-14-3-2-13(17)10-15(14)19-16/h2-3,10,12H,4-9,11,17H2,1H3,(H,18,19). The highest BCUT2D eigenvalue weighted by molar-refractivity contribution is 5.78. The Morgan fingerprint density at radius 3 is 2.95 bits per heavy atom. The van der Waals surface area contributed by atoms with Gasteiger partial charge in [0.15, 0.2) is 0 Å². The maximum atomic E-state index is 5.80. The summed E-state index contributed by atoms with van der Waals surface area (Å²) in [7, 11) is 1.79. The summed E-state index contributed by atoms with van der Waals surface area (Å²) in [5, 5.41) is 0. The average Bonchev–Trinajstić information content (AvgIpc) is 2.89. The highest BCUT2D eigenvalue weighted by Gasteiger charge is 2.18. The minimum atomic E-state index is 0.737. The lowest BCUT2D eigenvalue weighted by molar-refractivity contribution is 0.0998. The molecule has 0 saturated carbocycles. The molecule has 1 saturated heterocycles. The summed E-state index contributed by atoms with van der Waals surface area (Å²) in [6, 6.07) is 5.82. The Morgan fingerprint density at radius 2 is 2.19 bits per heavy atom. The summed E-state index contributed by atoms with van der Waals surface area (Å²) in [6.07, 6.45) is 3.44. The molecular weight excluding hydrogens is 264 g/mol. The number of hydrogen-bond donors (Lipinski definition) is 2. The fourth-order valence-electron chi connectivity index (χ4n) is 3.07. The molecule has 1 aliphatic heterocycles. The topological polar surface area (TPSA) is 67.2 Å². The number of nitrogen functional groups attached to an aromatic ring is 1. The number of hydrogen-bond acceptors (Lipinski definition) is 4. The summed E-state index contributed by atoms with van der Waals surface area (Å²) in [6.45, 7) is 4.30. The van der Waals surface area contributed by atoms with Crippen LogP contribution in [0.4, 0.5) is 5.69 Å². The van der Waals surface area contributed by atoms with Crippen molar-refractivity contribution in [3.8, 4) is 0 Å². The monoisotopic (exact) mass is 288 g/mol. The molecule has 0 aliphatic carbocycles. The lowest BCUT2D eigenvalue weighted by Gasteiger charge is -2.31. The van der Waals surface area contributed by atoms with Crippen LogP contribution in [0.25, 0.3) is 11.0 Å². The minimum Gasteiger partial charge on any atom is -0.399 e. The van der Waals surface area contributed by atoms with Crippen LogP contribution < -0.4 is 5.73 Å². The van der Waals surface area contributed by atoms with Crippen molar-refractivity contribution in [1.29, 1.82) is 0 Å². The quantitative estimate of drug-likeness (QED) is 0.826. The van der Waals surface area contributed by atoms with Gasteiger partial charge >= 0.3 is 0 Å². The Bertz CT molecular complexity index is 587. The van der Waals surface area contributed by atoms with Crippen LogP contribution >= 0.6 is 0 Å². The minimum absolute atomic E-state index is 0.737. The van der Waals surface area contributed by atoms with E-state index in [0.717, 1.165) is 48.0 Å². The van der Waals surface area contributed by atoms with Crippen molar-refractivity contribution in [2.24, 2.45) is 5.92 Å². The molecule has 3 rings (SSSR count). The van der Waals surface area contributed by atoms with E-state index in [2.05, 4.69) is 14.9 Å². The van der Waals surface area contributed by atoms with E-state index in [1.807, 2.05) is 18.2 Å². The molecule has 5 nitrogen and oxygen atoms in total. The highest BCUT2D eigenvalue weighted by Crippen LogP contribution is 2.18. The summed E-state index contributed by atoms with van der Waals surface area (Å²) < 4.78 is 5.25. The van der Waals surface area contributed by atoms with E-state index in [9.17, 15) is 0 Å². The fourth-order valence-corrected chi connectivity index (χ4v) is 3.07. The molecule has 5 heteroatoms. The number of nitrogens with one attached hydrogen (secondary N) is 1. The van der Waals surface area contributed by atoms with Gasteiger partial charge in [-0.15, -0.1) is 0 Å². The second-order valence-electron chi connectivity index (χ2n) is 5.95. The van der Waals surface area contributed by atoms with E-state index in [1.165, 1.54) is 25.9 Å². The molecule has 3 N–H and O–H groups in total. The van der Waals surface area contributed by atoms with Crippen LogP contribution in [0, 0.1) is 5.92 Å². The molecule has 2 aromatic rings. The van der Waals surface area contributed by atoms with Crippen LogP contribution in [0.15, 0.2) is 18.2 Å². The van der Waals surface area contributed by atoms with E-state index < -0.39 is 0 Å². The third-order valence-corrected chi connectivity index (χ3v) is 4.33. The van der Waals surface area contributed by atoms with Gasteiger partial charge in [0, 0.05) is 32.4 Å². The van der Waals surface area contributed by atoms with E-state index >= 15 is 0 Å². The van der Waals surface area contributed by atoms with Gasteiger partial charge in [-0.1, -0.05) is 0 Å². The number of rotatable bonds is 5. The molecule has 0 atom stereocenters. The number of aromatic nitrogens is 2. The number of methoxy groups -OCH3 is 1. The number of nitrogens with two attached hydrogens (primary N) is 1. The summed E-state index contributed by atoms with van der Waals surface area (Å²) >= 11 is 0. The molecule has 2 heterocycles. The average molecular weight is 288 g/mol. The van der Waals surface area contributed by atoms with Crippen LogP contribution in [0.3, 0.4) is 0 Å². The van der Waals surface area contributed by atoms with E-state index in [-0.39, 0.29) is 0 Å². The molecule has 0 spiro atoms. The predicted octanol–water partition coefficient (Wildman–Crippen LogP) is 2.05. The Hall–Kier alpha value is -1.59. The van der Waals surface area contributed by atoms with Gasteiger partial charge in [0.1, 0.15) is 5.82 Å². The van der Waals surface area contributed by atoms with Crippen molar-refractivity contribution in [2.75, 3.05) is 39.1 Å². The van der Waals surface area contributed by atoms with Gasteiger partial charge < -0.3 is 20.4 Å². The van der Waals surface area contributed by atoms with E-state index in [0.29, 0.717) is 0 Å². The largest absolute Gasteiger partial charge is 0.399 e. The molecule has 1 aromatic heterocycles. The number of H-pyrrole nitrogens is 1. The van der Waals surface area contributed by atoms with Gasteiger partial charge in [-0.05, 0) is 50.0 Å². The molecule has 0 radical (unpaired) electrons. The zero-order valence-electron chi connectivity index (χ0n) is 12.6. The van der Waals surface area contributed by atoms with E-state index in [4.69, 9.17) is 10.5 Å². The molecule has 1 fully saturated rings. The maximum absolute atomic E-state index is 5.80. The van der Waals surface area contributed by atoms with Crippen LogP contribution in [0.2, 0.25) is 0 Å². The first-order valence-electron chi connectivity index (χ1n) is 7.70. The number of aromatic amines is 1. The second-order valence-corrected chi connectivity index (χ2v) is 5.95. The summed E-state index contributed by atoms with van der Waals surface area (Å²) in [5.74, 6) is 1.79. The molecular formula is C16H24N4O. The molecule has 1 aromatic carbocycles. The van der Waals surface area contributed by atoms with Gasteiger partial charge in [-0.2, -0.15) is 0 Å². The Labute approximate surface area is 125 Å². The van der Waals surface area contributed by atoms with Gasteiger partial charge in [0.2, 0.25) is 0 Å². The summed E-state index contributed by atoms with van der Waals surface area (Å²) in [5.41, 5.74) is 8.60. The normalized spacial score (nSPS) is 17.6. The van der Waals surface area contributed by atoms with Crippen molar-refractivity contribution in [3.63, 3.8) is 0 Å². The van der Waals surface area contributed by atoms with Crippen molar-refractivity contribution < 1.29 is 4.74 Å². The number of fused-ring (bicyclic) bond motifs is 1. The zero-order valence-corrected chi connectivity index (χ0v) is 12.6. The van der Waals surface area contributed by atoms with Crippen LogP contribution in [0.1, 0.15) is 18.7 Å². The first-order valence-corrected chi connectivity index (χ1v) is 7.70. The van der Waals surface area contributed by atoms with Gasteiger partial charge in [-0.25, -0.2) is 4.98 Å². The Morgan fingerprint density at radius 1 is 1.38 bits per heavy atom. The van der Waals surface area contributed by atoms with Crippen molar-refractivity contribution in [3.05, 3.63) is 24.0 Å². The van der Waals surface area contributed by atoms with Crippen molar-refractivity contribution in [1.82, 2.24) is 14.9 Å². The number of anilines is 1. The SMILES string of the molecule is COCC1CCN(CCc2nc3ccc(N)cc3[nH]2)CC1. The number of benzene rings is 1. The van der Waals surface area contributed by atoms with Crippen molar-refractivity contribution >= 4 is 16.7 Å². The predicted molar refractivity (Wildman–Crippen MR) is 85.3 cm³/mol. The third-order valence-electron chi connectivity index (χ3n) is 4.33. The first kappa shape index (κ1) is 14.4. The fraction of sp³-hybridized carbons (Fsp3) is 0.562. The molecule has 1 aliphatic rings. The maximum Gasteiger partial charge on any atom is 0.108 e. The van der Waals surface area contributed by atoms with Crippen molar-refractivity contribution in [2.45, 2.75) is 19.3 Å². The second kappa shape index (κ2) is 6.45. The van der Waals surface area contributed by atoms with Gasteiger partial charge in [0.25, 0.3) is 0 Å². The molecule has 0 bridgehead atoms. The molecule has 0 amide bonds. The molecule has 114 valence electrons. The zero-order chi connectivity index (χ0) is 14.7. The lowest BCUT2D eigenvalue weighted by atomic mass is 9.98. The lowest BCUT2D eigenvalue weighted by Crippen LogP contribution is -2.36. The molecule has 21 heavy (non-hydrogen) atoms.